The minimum Gasteiger partial charge on any atom is -0.368 e. The van der Waals surface area contributed by atoms with E-state index in [4.69, 9.17) is 4.74 Å². The van der Waals surface area contributed by atoms with Gasteiger partial charge in [0.2, 0.25) is 0 Å². The van der Waals surface area contributed by atoms with Crippen molar-refractivity contribution in [3.63, 3.8) is 0 Å². The SMILES string of the molecule is CN(CCN1CCCCCC1)C(=O)[C@H]1CCCCO1. The molecule has 0 bridgehead atoms. The van der Waals surface area contributed by atoms with Crippen LogP contribution < -0.4 is 0 Å². The van der Waals surface area contributed by atoms with Gasteiger partial charge in [-0.1, -0.05) is 12.8 Å². The maximum absolute atomic E-state index is 12.2. The summed E-state index contributed by atoms with van der Waals surface area (Å²) >= 11 is 0. The highest BCUT2D eigenvalue weighted by atomic mass is 16.5. The van der Waals surface area contributed by atoms with Crippen LogP contribution in [0.5, 0.6) is 0 Å². The topological polar surface area (TPSA) is 32.8 Å². The first-order valence-corrected chi connectivity index (χ1v) is 7.86. The summed E-state index contributed by atoms with van der Waals surface area (Å²) in [6.45, 7) is 4.98. The van der Waals surface area contributed by atoms with Crippen molar-refractivity contribution < 1.29 is 9.53 Å². The summed E-state index contributed by atoms with van der Waals surface area (Å²) in [5, 5.41) is 0. The lowest BCUT2D eigenvalue weighted by Crippen LogP contribution is -2.43. The number of likely N-dealkylation sites (N-methyl/N-ethyl adjacent to an activating group) is 1. The van der Waals surface area contributed by atoms with Gasteiger partial charge in [-0.05, 0) is 45.2 Å². The van der Waals surface area contributed by atoms with Crippen LogP contribution in [0.15, 0.2) is 0 Å². The number of ether oxygens (including phenoxy) is 1. The molecule has 0 aromatic heterocycles. The average molecular weight is 268 g/mol. The van der Waals surface area contributed by atoms with Gasteiger partial charge in [-0.3, -0.25) is 4.79 Å². The highest BCUT2D eigenvalue weighted by Gasteiger charge is 2.25. The Morgan fingerprint density at radius 1 is 1.16 bits per heavy atom. The minimum absolute atomic E-state index is 0.175. The lowest BCUT2D eigenvalue weighted by Gasteiger charge is -2.28. The number of nitrogens with zero attached hydrogens (tertiary/aromatic N) is 2. The van der Waals surface area contributed by atoms with E-state index in [0.29, 0.717) is 0 Å². The number of amides is 1. The molecule has 2 rings (SSSR count). The third-order valence-corrected chi connectivity index (χ3v) is 4.28. The van der Waals surface area contributed by atoms with Gasteiger partial charge in [0.15, 0.2) is 0 Å². The zero-order valence-electron chi connectivity index (χ0n) is 12.3. The smallest absolute Gasteiger partial charge is 0.251 e. The van der Waals surface area contributed by atoms with Crippen molar-refractivity contribution in [2.75, 3.05) is 39.8 Å². The third kappa shape index (κ3) is 4.77. The molecule has 2 aliphatic rings. The number of carbonyl (C=O) groups is 1. The van der Waals surface area contributed by atoms with Gasteiger partial charge >= 0.3 is 0 Å². The van der Waals surface area contributed by atoms with Crippen LogP contribution in [0.3, 0.4) is 0 Å². The van der Waals surface area contributed by atoms with E-state index in [1.165, 1.54) is 38.8 Å². The number of carbonyl (C=O) groups excluding carboxylic acids is 1. The number of rotatable bonds is 4. The summed E-state index contributed by atoms with van der Waals surface area (Å²) in [5.74, 6) is 0.175. The lowest BCUT2D eigenvalue weighted by atomic mass is 10.1. The van der Waals surface area contributed by atoms with Crippen LogP contribution in [0, 0.1) is 0 Å². The van der Waals surface area contributed by atoms with E-state index in [-0.39, 0.29) is 12.0 Å². The molecular formula is C15H28N2O2. The van der Waals surface area contributed by atoms with E-state index in [1.807, 2.05) is 11.9 Å². The molecule has 0 radical (unpaired) electrons. The summed E-state index contributed by atoms with van der Waals surface area (Å²) in [5.41, 5.74) is 0. The molecule has 4 heteroatoms. The maximum atomic E-state index is 12.2. The van der Waals surface area contributed by atoms with Gasteiger partial charge in [-0.2, -0.15) is 0 Å². The fourth-order valence-electron chi connectivity index (χ4n) is 2.94. The Labute approximate surface area is 117 Å². The first-order chi connectivity index (χ1) is 9.27. The Balaban J connectivity index is 1.70. The lowest BCUT2D eigenvalue weighted by molar-refractivity contribution is -0.145. The van der Waals surface area contributed by atoms with Crippen molar-refractivity contribution in [1.82, 2.24) is 9.80 Å². The molecule has 19 heavy (non-hydrogen) atoms. The molecule has 0 spiro atoms. The van der Waals surface area contributed by atoms with E-state index in [9.17, 15) is 4.79 Å². The zero-order valence-corrected chi connectivity index (χ0v) is 12.3. The molecular weight excluding hydrogens is 240 g/mol. The predicted molar refractivity (Wildman–Crippen MR) is 76.1 cm³/mol. The van der Waals surface area contributed by atoms with Gasteiger partial charge in [0.05, 0.1) is 0 Å². The fourth-order valence-corrected chi connectivity index (χ4v) is 2.94. The Kier molecular flexibility index (Phi) is 6.11. The van der Waals surface area contributed by atoms with Crippen LogP contribution in [0.4, 0.5) is 0 Å². The molecule has 0 aromatic rings. The second-order valence-corrected chi connectivity index (χ2v) is 5.87. The van der Waals surface area contributed by atoms with Crippen molar-refractivity contribution in [2.24, 2.45) is 0 Å². The highest BCUT2D eigenvalue weighted by Crippen LogP contribution is 2.15. The molecule has 0 aliphatic carbocycles. The van der Waals surface area contributed by atoms with Crippen LogP contribution in [-0.2, 0) is 9.53 Å². The van der Waals surface area contributed by atoms with Crippen molar-refractivity contribution in [1.29, 1.82) is 0 Å². The van der Waals surface area contributed by atoms with Crippen molar-refractivity contribution in [3.8, 4) is 0 Å². The van der Waals surface area contributed by atoms with E-state index < -0.39 is 0 Å². The normalized spacial score (nSPS) is 25.8. The minimum atomic E-state index is -0.178. The molecule has 4 nitrogen and oxygen atoms in total. The van der Waals surface area contributed by atoms with Crippen LogP contribution >= 0.6 is 0 Å². The van der Waals surface area contributed by atoms with Crippen LogP contribution in [0.2, 0.25) is 0 Å². The Hall–Kier alpha value is -0.610. The summed E-state index contributed by atoms with van der Waals surface area (Å²) in [7, 11) is 1.91. The standard InChI is InChI=1S/C15H28N2O2/c1-16(15(18)14-8-4-7-13-19-14)11-12-17-9-5-2-3-6-10-17/h14H,2-13H2,1H3/t14-/m1/s1. The molecule has 2 aliphatic heterocycles. The van der Waals surface area contributed by atoms with Gasteiger partial charge in [0.25, 0.3) is 5.91 Å². The van der Waals surface area contributed by atoms with Gasteiger partial charge in [-0.25, -0.2) is 0 Å². The second-order valence-electron chi connectivity index (χ2n) is 5.87. The molecule has 1 amide bonds. The molecule has 2 saturated heterocycles. The average Bonchev–Trinajstić information content (AvgIpc) is 2.73. The predicted octanol–water partition coefficient (Wildman–Crippen LogP) is 1.89. The first-order valence-electron chi connectivity index (χ1n) is 7.86. The first kappa shape index (κ1) is 14.8. The Morgan fingerprint density at radius 3 is 2.53 bits per heavy atom. The molecule has 110 valence electrons. The molecule has 0 unspecified atom stereocenters. The molecule has 0 aromatic carbocycles. The van der Waals surface area contributed by atoms with Gasteiger partial charge in [0.1, 0.15) is 6.10 Å². The second kappa shape index (κ2) is 7.85. The van der Waals surface area contributed by atoms with E-state index in [2.05, 4.69) is 4.90 Å². The molecule has 0 saturated carbocycles. The zero-order chi connectivity index (χ0) is 13.5. The maximum Gasteiger partial charge on any atom is 0.251 e. The molecule has 2 heterocycles. The van der Waals surface area contributed by atoms with E-state index >= 15 is 0 Å². The van der Waals surface area contributed by atoms with E-state index in [1.54, 1.807) is 0 Å². The van der Waals surface area contributed by atoms with Crippen LogP contribution in [0.1, 0.15) is 44.9 Å². The van der Waals surface area contributed by atoms with Crippen LogP contribution in [0.25, 0.3) is 0 Å². The fraction of sp³-hybridized carbons (Fsp3) is 0.933. The molecule has 0 N–H and O–H groups in total. The van der Waals surface area contributed by atoms with Crippen molar-refractivity contribution in [2.45, 2.75) is 51.0 Å². The molecule has 2 fully saturated rings. The summed E-state index contributed by atoms with van der Waals surface area (Å²) in [6.07, 6.45) is 8.28. The number of hydrogen-bond acceptors (Lipinski definition) is 3. The van der Waals surface area contributed by atoms with Crippen LogP contribution in [-0.4, -0.2) is 61.6 Å². The monoisotopic (exact) mass is 268 g/mol. The number of hydrogen-bond donors (Lipinski definition) is 0. The highest BCUT2D eigenvalue weighted by molar-refractivity contribution is 5.80. The summed E-state index contributed by atoms with van der Waals surface area (Å²) in [6, 6.07) is 0. The number of likely N-dealkylation sites (tertiary alicyclic amines) is 1. The Bertz CT molecular complexity index is 269. The summed E-state index contributed by atoms with van der Waals surface area (Å²) in [4.78, 5) is 16.6. The van der Waals surface area contributed by atoms with Crippen molar-refractivity contribution in [3.05, 3.63) is 0 Å². The van der Waals surface area contributed by atoms with Gasteiger partial charge < -0.3 is 14.5 Å². The third-order valence-electron chi connectivity index (χ3n) is 4.28. The van der Waals surface area contributed by atoms with Gasteiger partial charge in [-0.15, -0.1) is 0 Å². The van der Waals surface area contributed by atoms with E-state index in [0.717, 1.165) is 39.0 Å². The van der Waals surface area contributed by atoms with Gasteiger partial charge in [0, 0.05) is 26.7 Å². The summed E-state index contributed by atoms with van der Waals surface area (Å²) < 4.78 is 5.57. The van der Waals surface area contributed by atoms with Crippen molar-refractivity contribution >= 4 is 5.91 Å². The quantitative estimate of drug-likeness (QED) is 0.780. The largest absolute Gasteiger partial charge is 0.368 e. The molecule has 1 atom stereocenters. The Morgan fingerprint density at radius 2 is 1.89 bits per heavy atom.